The van der Waals surface area contributed by atoms with Crippen LogP contribution in [-0.4, -0.2) is 16.9 Å². The number of hydrogen-bond donors (Lipinski definition) is 1. The van der Waals surface area contributed by atoms with Gasteiger partial charge in [0.05, 0.1) is 11.1 Å². The van der Waals surface area contributed by atoms with Gasteiger partial charge in [0, 0.05) is 17.6 Å². The molecule has 1 aliphatic rings. The second kappa shape index (κ2) is 5.39. The van der Waals surface area contributed by atoms with Gasteiger partial charge in [-0.05, 0) is 44.2 Å². The number of aromatic nitrogens is 1. The van der Waals surface area contributed by atoms with Gasteiger partial charge in [-0.3, -0.25) is 9.78 Å². The van der Waals surface area contributed by atoms with Crippen molar-refractivity contribution >= 4 is 16.8 Å². The lowest BCUT2D eigenvalue weighted by Crippen LogP contribution is -2.36. The number of rotatable bonds is 2. The molecule has 3 heteroatoms. The van der Waals surface area contributed by atoms with Crippen molar-refractivity contribution in [1.29, 1.82) is 0 Å². The van der Waals surface area contributed by atoms with Crippen molar-refractivity contribution in [3.05, 3.63) is 48.5 Å². The predicted octanol–water partition coefficient (Wildman–Crippen LogP) is 3.11. The van der Waals surface area contributed by atoms with E-state index in [9.17, 15) is 4.79 Å². The van der Waals surface area contributed by atoms with Crippen molar-refractivity contribution < 1.29 is 4.79 Å². The summed E-state index contributed by atoms with van der Waals surface area (Å²) in [6.45, 7) is 0. The van der Waals surface area contributed by atoms with E-state index < -0.39 is 0 Å². The minimum atomic E-state index is 0.0190. The Morgan fingerprint density at radius 1 is 1.16 bits per heavy atom. The second-order valence-electron chi connectivity index (χ2n) is 4.99. The summed E-state index contributed by atoms with van der Waals surface area (Å²) in [4.78, 5) is 16.7. The lowest BCUT2D eigenvalue weighted by molar-refractivity contribution is 0.0932. The largest absolute Gasteiger partial charge is 0.349 e. The molecule has 0 unspecified atom stereocenters. The topological polar surface area (TPSA) is 42.0 Å². The van der Waals surface area contributed by atoms with Gasteiger partial charge in [0.2, 0.25) is 0 Å². The van der Waals surface area contributed by atoms with Crippen LogP contribution in [0.5, 0.6) is 0 Å². The molecule has 0 spiro atoms. The van der Waals surface area contributed by atoms with Crippen LogP contribution in [0.3, 0.4) is 0 Å². The summed E-state index contributed by atoms with van der Waals surface area (Å²) >= 11 is 0. The third-order valence-corrected chi connectivity index (χ3v) is 3.67. The Kier molecular flexibility index (Phi) is 3.45. The maximum Gasteiger partial charge on any atom is 0.252 e. The second-order valence-corrected chi connectivity index (χ2v) is 4.99. The SMILES string of the molecule is O=C(NC1CC[CH]CC1)c1ccnc2ccccc12. The smallest absolute Gasteiger partial charge is 0.252 e. The summed E-state index contributed by atoms with van der Waals surface area (Å²) in [5.74, 6) is 0.0190. The van der Waals surface area contributed by atoms with Crippen LogP contribution in [0.15, 0.2) is 36.5 Å². The molecule has 1 amide bonds. The van der Waals surface area contributed by atoms with Crippen molar-refractivity contribution in [3.63, 3.8) is 0 Å². The zero-order chi connectivity index (χ0) is 13.1. The number of benzene rings is 1. The summed E-state index contributed by atoms with van der Waals surface area (Å²) in [6.07, 6.45) is 8.30. The highest BCUT2D eigenvalue weighted by Crippen LogP contribution is 2.19. The Hall–Kier alpha value is -1.90. The summed E-state index contributed by atoms with van der Waals surface area (Å²) in [6, 6.07) is 9.87. The fourth-order valence-electron chi connectivity index (χ4n) is 2.63. The Morgan fingerprint density at radius 2 is 1.95 bits per heavy atom. The molecule has 1 aromatic carbocycles. The summed E-state index contributed by atoms with van der Waals surface area (Å²) in [5, 5.41) is 4.06. The molecule has 1 radical (unpaired) electrons. The van der Waals surface area contributed by atoms with Gasteiger partial charge in [-0.25, -0.2) is 0 Å². The van der Waals surface area contributed by atoms with Crippen LogP contribution >= 0.6 is 0 Å². The van der Waals surface area contributed by atoms with E-state index in [0.717, 1.165) is 42.1 Å². The fraction of sp³-hybridized carbons (Fsp3) is 0.312. The summed E-state index contributed by atoms with van der Waals surface area (Å²) in [5.41, 5.74) is 1.59. The molecule has 1 saturated carbocycles. The molecule has 0 aliphatic heterocycles. The zero-order valence-electron chi connectivity index (χ0n) is 10.8. The predicted molar refractivity (Wildman–Crippen MR) is 75.8 cm³/mol. The van der Waals surface area contributed by atoms with E-state index in [-0.39, 0.29) is 5.91 Å². The maximum absolute atomic E-state index is 12.4. The lowest BCUT2D eigenvalue weighted by atomic mass is 9.95. The number of pyridine rings is 1. The number of hydrogen-bond acceptors (Lipinski definition) is 2. The van der Waals surface area contributed by atoms with E-state index in [1.54, 1.807) is 12.3 Å². The standard InChI is InChI=1S/C16H17N2O/c19-16(18-12-6-2-1-3-7-12)14-10-11-17-15-9-5-4-8-13(14)15/h1,4-5,8-12H,2-3,6-7H2,(H,18,19). The van der Waals surface area contributed by atoms with E-state index >= 15 is 0 Å². The van der Waals surface area contributed by atoms with E-state index in [1.165, 1.54) is 0 Å². The summed E-state index contributed by atoms with van der Waals surface area (Å²) in [7, 11) is 0. The average molecular weight is 253 g/mol. The molecule has 1 aliphatic carbocycles. The number of carbonyl (C=O) groups excluding carboxylic acids is 1. The molecule has 0 atom stereocenters. The van der Waals surface area contributed by atoms with Crippen molar-refractivity contribution in [3.8, 4) is 0 Å². The molecular weight excluding hydrogens is 236 g/mol. The highest BCUT2D eigenvalue weighted by Gasteiger charge is 2.17. The van der Waals surface area contributed by atoms with Gasteiger partial charge in [-0.1, -0.05) is 18.2 Å². The minimum Gasteiger partial charge on any atom is -0.349 e. The molecule has 97 valence electrons. The first-order valence-corrected chi connectivity index (χ1v) is 6.81. The van der Waals surface area contributed by atoms with Gasteiger partial charge in [-0.15, -0.1) is 0 Å². The van der Waals surface area contributed by atoms with Crippen molar-refractivity contribution in [2.45, 2.75) is 31.7 Å². The molecule has 3 rings (SSSR count). The normalized spacial score (nSPS) is 16.4. The van der Waals surface area contributed by atoms with Gasteiger partial charge >= 0.3 is 0 Å². The van der Waals surface area contributed by atoms with Crippen molar-refractivity contribution in [2.75, 3.05) is 0 Å². The molecular formula is C16H17N2O. The third-order valence-electron chi connectivity index (χ3n) is 3.67. The van der Waals surface area contributed by atoms with E-state index in [2.05, 4.69) is 16.7 Å². The lowest BCUT2D eigenvalue weighted by Gasteiger charge is -2.22. The number of nitrogens with one attached hydrogen (secondary N) is 1. The fourth-order valence-corrected chi connectivity index (χ4v) is 2.63. The van der Waals surface area contributed by atoms with E-state index in [0.29, 0.717) is 6.04 Å². The maximum atomic E-state index is 12.4. The zero-order valence-corrected chi connectivity index (χ0v) is 10.8. The van der Waals surface area contributed by atoms with Crippen LogP contribution in [-0.2, 0) is 0 Å². The molecule has 19 heavy (non-hydrogen) atoms. The highest BCUT2D eigenvalue weighted by atomic mass is 16.1. The Balaban J connectivity index is 1.85. The molecule has 1 N–H and O–H groups in total. The molecule has 1 aromatic heterocycles. The minimum absolute atomic E-state index is 0.0190. The Bertz CT molecular complexity index is 583. The average Bonchev–Trinajstić information content (AvgIpc) is 2.47. The third kappa shape index (κ3) is 2.60. The number of fused-ring (bicyclic) bond motifs is 1. The monoisotopic (exact) mass is 253 g/mol. The first-order valence-electron chi connectivity index (χ1n) is 6.81. The number of carbonyl (C=O) groups is 1. The molecule has 1 fully saturated rings. The van der Waals surface area contributed by atoms with Gasteiger partial charge in [0.1, 0.15) is 0 Å². The molecule has 1 heterocycles. The highest BCUT2D eigenvalue weighted by molar-refractivity contribution is 6.06. The van der Waals surface area contributed by atoms with E-state index in [4.69, 9.17) is 0 Å². The van der Waals surface area contributed by atoms with Crippen LogP contribution in [0, 0.1) is 6.42 Å². The Morgan fingerprint density at radius 3 is 2.79 bits per heavy atom. The molecule has 3 nitrogen and oxygen atoms in total. The van der Waals surface area contributed by atoms with Crippen molar-refractivity contribution in [1.82, 2.24) is 10.3 Å². The number of para-hydroxylation sites is 1. The van der Waals surface area contributed by atoms with Crippen molar-refractivity contribution in [2.24, 2.45) is 0 Å². The number of nitrogens with zero attached hydrogens (tertiary/aromatic N) is 1. The van der Waals surface area contributed by atoms with Crippen LogP contribution in [0.1, 0.15) is 36.0 Å². The Labute approximate surface area is 113 Å². The molecule has 2 aromatic rings. The summed E-state index contributed by atoms with van der Waals surface area (Å²) < 4.78 is 0. The first-order chi connectivity index (χ1) is 9.34. The number of amides is 1. The van der Waals surface area contributed by atoms with Crippen LogP contribution in [0.2, 0.25) is 0 Å². The van der Waals surface area contributed by atoms with Gasteiger partial charge in [-0.2, -0.15) is 0 Å². The first kappa shape index (κ1) is 12.2. The van der Waals surface area contributed by atoms with Crippen LogP contribution in [0.25, 0.3) is 10.9 Å². The van der Waals surface area contributed by atoms with Gasteiger partial charge < -0.3 is 5.32 Å². The van der Waals surface area contributed by atoms with E-state index in [1.807, 2.05) is 24.3 Å². The van der Waals surface area contributed by atoms with Gasteiger partial charge in [0.25, 0.3) is 5.91 Å². The van der Waals surface area contributed by atoms with Crippen LogP contribution in [0.4, 0.5) is 0 Å². The molecule has 0 saturated heterocycles. The van der Waals surface area contributed by atoms with Crippen LogP contribution < -0.4 is 5.32 Å². The van der Waals surface area contributed by atoms with Gasteiger partial charge in [0.15, 0.2) is 0 Å². The molecule has 0 bridgehead atoms. The quantitative estimate of drug-likeness (QED) is 0.893.